The summed E-state index contributed by atoms with van der Waals surface area (Å²) in [5.41, 5.74) is 6.84. The molecular formula is C18H22N2O. The van der Waals surface area contributed by atoms with Gasteiger partial charge in [-0.05, 0) is 55.7 Å². The molecule has 2 N–H and O–H groups in total. The molecule has 0 aliphatic heterocycles. The minimum Gasteiger partial charge on any atom is -0.381 e. The van der Waals surface area contributed by atoms with Crippen molar-refractivity contribution in [2.24, 2.45) is 0 Å². The monoisotopic (exact) mass is 282 g/mol. The van der Waals surface area contributed by atoms with Gasteiger partial charge in [0.15, 0.2) is 0 Å². The summed E-state index contributed by atoms with van der Waals surface area (Å²) in [6, 6.07) is 12.5. The van der Waals surface area contributed by atoms with Crippen LogP contribution in [-0.4, -0.2) is 5.91 Å². The zero-order valence-electron chi connectivity index (χ0n) is 13.1. The molecule has 3 nitrogen and oxygen atoms in total. The predicted octanol–water partition coefficient (Wildman–Crippen LogP) is 4.18. The highest BCUT2D eigenvalue weighted by Gasteiger charge is 2.03. The minimum atomic E-state index is -0.0470. The highest BCUT2D eigenvalue weighted by molar-refractivity contribution is 5.89. The predicted molar refractivity (Wildman–Crippen MR) is 88.7 cm³/mol. The Balaban J connectivity index is 2.08. The molecule has 2 aromatic rings. The van der Waals surface area contributed by atoms with Crippen molar-refractivity contribution in [1.29, 1.82) is 0 Å². The Bertz CT molecular complexity index is 662. The number of rotatable bonds is 4. The number of amides is 1. The maximum absolute atomic E-state index is 11.1. The van der Waals surface area contributed by atoms with Gasteiger partial charge in [-0.25, -0.2) is 0 Å². The molecule has 1 amide bonds. The van der Waals surface area contributed by atoms with Gasteiger partial charge in [-0.1, -0.05) is 23.8 Å². The van der Waals surface area contributed by atoms with Crippen molar-refractivity contribution >= 4 is 17.3 Å². The summed E-state index contributed by atoms with van der Waals surface area (Å²) in [4.78, 5) is 11.1. The molecule has 0 radical (unpaired) electrons. The van der Waals surface area contributed by atoms with E-state index in [4.69, 9.17) is 0 Å². The van der Waals surface area contributed by atoms with Gasteiger partial charge < -0.3 is 10.6 Å². The first kappa shape index (κ1) is 15.1. The van der Waals surface area contributed by atoms with Crippen LogP contribution in [0.4, 0.5) is 11.4 Å². The normalized spacial score (nSPS) is 10.3. The first-order valence-electron chi connectivity index (χ1n) is 7.14. The Morgan fingerprint density at radius 2 is 1.76 bits per heavy atom. The van der Waals surface area contributed by atoms with Crippen LogP contribution in [0.25, 0.3) is 0 Å². The van der Waals surface area contributed by atoms with Crippen molar-refractivity contribution in [2.75, 3.05) is 10.6 Å². The zero-order chi connectivity index (χ0) is 15.4. The van der Waals surface area contributed by atoms with Crippen LogP contribution < -0.4 is 10.6 Å². The van der Waals surface area contributed by atoms with E-state index in [9.17, 15) is 4.79 Å². The lowest BCUT2D eigenvalue weighted by molar-refractivity contribution is -0.114. The third-order valence-corrected chi connectivity index (χ3v) is 3.52. The lowest BCUT2D eigenvalue weighted by Crippen LogP contribution is -2.07. The number of carbonyl (C=O) groups is 1. The van der Waals surface area contributed by atoms with Crippen LogP contribution in [0.15, 0.2) is 36.4 Å². The molecule has 0 spiro atoms. The van der Waals surface area contributed by atoms with Crippen molar-refractivity contribution in [2.45, 2.75) is 34.2 Å². The number of benzene rings is 2. The number of hydrogen-bond donors (Lipinski definition) is 2. The Hall–Kier alpha value is -2.29. The van der Waals surface area contributed by atoms with Gasteiger partial charge >= 0.3 is 0 Å². The van der Waals surface area contributed by atoms with Crippen LogP contribution in [0, 0.1) is 20.8 Å². The van der Waals surface area contributed by atoms with E-state index in [1.807, 2.05) is 19.1 Å². The molecule has 21 heavy (non-hydrogen) atoms. The van der Waals surface area contributed by atoms with Crippen molar-refractivity contribution in [3.05, 3.63) is 58.7 Å². The summed E-state index contributed by atoms with van der Waals surface area (Å²) in [6.07, 6.45) is 0. The zero-order valence-corrected chi connectivity index (χ0v) is 13.1. The SMILES string of the molecule is CC(=O)Nc1ccc(NCc2cc(C)ccc2C)cc1C. The Morgan fingerprint density at radius 3 is 2.43 bits per heavy atom. The average molecular weight is 282 g/mol. The molecule has 0 atom stereocenters. The van der Waals surface area contributed by atoms with Gasteiger partial charge in [-0.3, -0.25) is 4.79 Å². The molecule has 0 aliphatic carbocycles. The first-order chi connectivity index (χ1) is 9.95. The van der Waals surface area contributed by atoms with Gasteiger partial charge in [-0.15, -0.1) is 0 Å². The lowest BCUT2D eigenvalue weighted by Gasteiger charge is -2.12. The van der Waals surface area contributed by atoms with Gasteiger partial charge in [0, 0.05) is 24.8 Å². The fourth-order valence-corrected chi connectivity index (χ4v) is 2.29. The van der Waals surface area contributed by atoms with E-state index in [2.05, 4.69) is 48.7 Å². The van der Waals surface area contributed by atoms with E-state index in [1.165, 1.54) is 23.6 Å². The summed E-state index contributed by atoms with van der Waals surface area (Å²) in [6.45, 7) is 8.55. The van der Waals surface area contributed by atoms with Crippen LogP contribution in [0.3, 0.4) is 0 Å². The van der Waals surface area contributed by atoms with E-state index >= 15 is 0 Å². The maximum atomic E-state index is 11.1. The fourth-order valence-electron chi connectivity index (χ4n) is 2.29. The average Bonchev–Trinajstić information content (AvgIpc) is 2.42. The fraction of sp³-hybridized carbons (Fsp3) is 0.278. The third-order valence-electron chi connectivity index (χ3n) is 3.52. The van der Waals surface area contributed by atoms with E-state index in [0.717, 1.165) is 23.5 Å². The van der Waals surface area contributed by atoms with E-state index in [-0.39, 0.29) is 5.91 Å². The molecule has 0 heterocycles. The summed E-state index contributed by atoms with van der Waals surface area (Å²) < 4.78 is 0. The third kappa shape index (κ3) is 4.09. The molecular weight excluding hydrogens is 260 g/mol. The highest BCUT2D eigenvalue weighted by atomic mass is 16.1. The molecule has 0 saturated heterocycles. The maximum Gasteiger partial charge on any atom is 0.221 e. The first-order valence-corrected chi connectivity index (χ1v) is 7.14. The second-order valence-electron chi connectivity index (χ2n) is 5.49. The van der Waals surface area contributed by atoms with Crippen molar-refractivity contribution < 1.29 is 4.79 Å². The second-order valence-corrected chi connectivity index (χ2v) is 5.49. The van der Waals surface area contributed by atoms with Crippen LogP contribution in [0.1, 0.15) is 29.2 Å². The van der Waals surface area contributed by atoms with Gasteiger partial charge in [0.25, 0.3) is 0 Å². The molecule has 0 aromatic heterocycles. The van der Waals surface area contributed by atoms with E-state index in [1.54, 1.807) is 0 Å². The quantitative estimate of drug-likeness (QED) is 0.883. The smallest absolute Gasteiger partial charge is 0.221 e. The van der Waals surface area contributed by atoms with Crippen LogP contribution >= 0.6 is 0 Å². The molecule has 0 fully saturated rings. The topological polar surface area (TPSA) is 41.1 Å². The summed E-state index contributed by atoms with van der Waals surface area (Å²) in [5.74, 6) is -0.0470. The Labute approximate surface area is 126 Å². The highest BCUT2D eigenvalue weighted by Crippen LogP contribution is 2.21. The molecule has 0 aliphatic rings. The Kier molecular flexibility index (Phi) is 4.63. The van der Waals surface area contributed by atoms with Crippen molar-refractivity contribution in [3.8, 4) is 0 Å². The minimum absolute atomic E-state index is 0.0470. The standard InChI is InChI=1S/C18H22N2O/c1-12-5-6-13(2)16(9-12)11-19-17-7-8-18(14(3)10-17)20-15(4)21/h5-10,19H,11H2,1-4H3,(H,20,21). The largest absolute Gasteiger partial charge is 0.381 e. The van der Waals surface area contributed by atoms with Crippen LogP contribution in [0.2, 0.25) is 0 Å². The molecule has 0 saturated carbocycles. The number of aryl methyl sites for hydroxylation is 3. The number of nitrogens with one attached hydrogen (secondary N) is 2. The Morgan fingerprint density at radius 1 is 1.00 bits per heavy atom. The molecule has 2 aromatic carbocycles. The van der Waals surface area contributed by atoms with E-state index in [0.29, 0.717) is 0 Å². The second kappa shape index (κ2) is 6.44. The van der Waals surface area contributed by atoms with Crippen LogP contribution in [0.5, 0.6) is 0 Å². The number of carbonyl (C=O) groups excluding carboxylic acids is 1. The molecule has 0 unspecified atom stereocenters. The summed E-state index contributed by atoms with van der Waals surface area (Å²) in [7, 11) is 0. The van der Waals surface area contributed by atoms with Crippen LogP contribution in [-0.2, 0) is 11.3 Å². The molecule has 110 valence electrons. The lowest BCUT2D eigenvalue weighted by atomic mass is 10.1. The van der Waals surface area contributed by atoms with Gasteiger partial charge in [0.1, 0.15) is 0 Å². The molecule has 3 heteroatoms. The number of anilines is 2. The van der Waals surface area contributed by atoms with E-state index < -0.39 is 0 Å². The summed E-state index contributed by atoms with van der Waals surface area (Å²) >= 11 is 0. The van der Waals surface area contributed by atoms with Crippen molar-refractivity contribution in [3.63, 3.8) is 0 Å². The molecule has 0 bridgehead atoms. The van der Waals surface area contributed by atoms with Crippen molar-refractivity contribution in [1.82, 2.24) is 0 Å². The van der Waals surface area contributed by atoms with Gasteiger partial charge in [-0.2, -0.15) is 0 Å². The van der Waals surface area contributed by atoms with Gasteiger partial charge in [0.05, 0.1) is 0 Å². The number of hydrogen-bond acceptors (Lipinski definition) is 2. The molecule has 2 rings (SSSR count). The summed E-state index contributed by atoms with van der Waals surface area (Å²) in [5, 5.41) is 6.26. The van der Waals surface area contributed by atoms with Gasteiger partial charge in [0.2, 0.25) is 5.91 Å².